The van der Waals surface area contributed by atoms with Crippen LogP contribution < -0.4 is 5.73 Å². The molecule has 0 aliphatic rings. The second-order valence-electron chi connectivity index (χ2n) is 2.50. The summed E-state index contributed by atoms with van der Waals surface area (Å²) in [4.78, 5) is 13.1. The Morgan fingerprint density at radius 1 is 1.50 bits per heavy atom. The first kappa shape index (κ1) is 11.4. The summed E-state index contributed by atoms with van der Waals surface area (Å²) >= 11 is 0. The van der Waals surface area contributed by atoms with Crippen molar-refractivity contribution in [1.82, 2.24) is 4.90 Å². The van der Waals surface area contributed by atoms with E-state index in [4.69, 9.17) is 5.73 Å². The smallest absolute Gasteiger partial charge is 0.324 e. The molecule has 0 saturated heterocycles. The molecule has 0 amide bonds. The molecule has 0 aliphatic carbocycles. The summed E-state index contributed by atoms with van der Waals surface area (Å²) in [6.07, 6.45) is 0. The van der Waals surface area contributed by atoms with Crippen LogP contribution in [0.1, 0.15) is 13.8 Å². The number of hydrogen-bond donors (Lipinski definition) is 1. The highest BCUT2D eigenvalue weighted by Gasteiger charge is 2.22. The zero-order chi connectivity index (χ0) is 9.56. The van der Waals surface area contributed by atoms with E-state index < -0.39 is 0 Å². The van der Waals surface area contributed by atoms with Crippen molar-refractivity contribution in [1.29, 1.82) is 0 Å². The standard InChI is InChI=1S/C8H18N2O2/c1-4-10(5-2)7(6-9)8(11)12-3/h7H,4-6,9H2,1-3H3. The fourth-order valence-electron chi connectivity index (χ4n) is 1.19. The molecule has 0 aromatic heterocycles. The second kappa shape index (κ2) is 5.97. The number of likely N-dealkylation sites (N-methyl/N-ethyl adjacent to an activating group) is 1. The van der Waals surface area contributed by atoms with Gasteiger partial charge in [-0.2, -0.15) is 0 Å². The van der Waals surface area contributed by atoms with Crippen molar-refractivity contribution in [3.05, 3.63) is 0 Å². The van der Waals surface area contributed by atoms with E-state index >= 15 is 0 Å². The Bertz CT molecular complexity index is 135. The summed E-state index contributed by atoms with van der Waals surface area (Å²) in [7, 11) is 1.38. The van der Waals surface area contributed by atoms with Gasteiger partial charge in [0.2, 0.25) is 0 Å². The Morgan fingerprint density at radius 3 is 2.25 bits per heavy atom. The highest BCUT2D eigenvalue weighted by Crippen LogP contribution is 1.99. The molecule has 0 saturated carbocycles. The first-order valence-electron chi connectivity index (χ1n) is 4.23. The van der Waals surface area contributed by atoms with Crippen molar-refractivity contribution in [2.75, 3.05) is 26.7 Å². The molecule has 0 radical (unpaired) electrons. The van der Waals surface area contributed by atoms with Crippen LogP contribution in [0.25, 0.3) is 0 Å². The molecule has 1 unspecified atom stereocenters. The summed E-state index contributed by atoms with van der Waals surface area (Å²) in [6, 6.07) is -0.287. The molecule has 4 nitrogen and oxygen atoms in total. The summed E-state index contributed by atoms with van der Waals surface area (Å²) in [5.41, 5.74) is 5.46. The number of methoxy groups -OCH3 is 1. The quantitative estimate of drug-likeness (QED) is 0.588. The average Bonchev–Trinajstić information content (AvgIpc) is 2.12. The summed E-state index contributed by atoms with van der Waals surface area (Å²) in [6.45, 7) is 5.93. The lowest BCUT2D eigenvalue weighted by Crippen LogP contribution is -2.46. The fraction of sp³-hybridized carbons (Fsp3) is 0.875. The van der Waals surface area contributed by atoms with Crippen LogP contribution in [0.3, 0.4) is 0 Å². The van der Waals surface area contributed by atoms with Crippen molar-refractivity contribution in [2.24, 2.45) is 5.73 Å². The van der Waals surface area contributed by atoms with Gasteiger partial charge in [0.25, 0.3) is 0 Å². The van der Waals surface area contributed by atoms with Crippen molar-refractivity contribution in [2.45, 2.75) is 19.9 Å². The number of carbonyl (C=O) groups excluding carboxylic acids is 1. The molecule has 0 bridgehead atoms. The molecule has 4 heteroatoms. The first-order valence-corrected chi connectivity index (χ1v) is 4.23. The second-order valence-corrected chi connectivity index (χ2v) is 2.50. The number of carbonyl (C=O) groups is 1. The molecule has 0 spiro atoms. The van der Waals surface area contributed by atoms with E-state index in [2.05, 4.69) is 4.74 Å². The van der Waals surface area contributed by atoms with Gasteiger partial charge >= 0.3 is 5.97 Å². The first-order chi connectivity index (χ1) is 5.71. The Morgan fingerprint density at radius 2 is 2.00 bits per heavy atom. The minimum Gasteiger partial charge on any atom is -0.468 e. The molecule has 0 fully saturated rings. The monoisotopic (exact) mass is 174 g/mol. The number of ether oxygens (including phenoxy) is 1. The lowest BCUT2D eigenvalue weighted by molar-refractivity contribution is -0.146. The third-order valence-corrected chi connectivity index (χ3v) is 1.95. The van der Waals surface area contributed by atoms with E-state index in [9.17, 15) is 4.79 Å². The minimum absolute atomic E-state index is 0.249. The maximum absolute atomic E-state index is 11.2. The van der Waals surface area contributed by atoms with Gasteiger partial charge in [0, 0.05) is 6.54 Å². The van der Waals surface area contributed by atoms with Crippen molar-refractivity contribution in [3.8, 4) is 0 Å². The van der Waals surface area contributed by atoms with E-state index in [-0.39, 0.29) is 12.0 Å². The molecular weight excluding hydrogens is 156 g/mol. The molecular formula is C8H18N2O2. The summed E-state index contributed by atoms with van der Waals surface area (Å²) in [5, 5.41) is 0. The molecule has 0 aliphatic heterocycles. The summed E-state index contributed by atoms with van der Waals surface area (Å²) < 4.78 is 4.63. The van der Waals surface area contributed by atoms with Gasteiger partial charge in [-0.25, -0.2) is 0 Å². The lowest BCUT2D eigenvalue weighted by Gasteiger charge is -2.25. The molecule has 12 heavy (non-hydrogen) atoms. The Labute approximate surface area is 73.7 Å². The van der Waals surface area contributed by atoms with Gasteiger partial charge in [0.05, 0.1) is 7.11 Å². The largest absolute Gasteiger partial charge is 0.468 e. The summed E-state index contributed by atoms with van der Waals surface area (Å²) in [5.74, 6) is -0.249. The SMILES string of the molecule is CCN(CC)C(CN)C(=O)OC. The highest BCUT2D eigenvalue weighted by atomic mass is 16.5. The van der Waals surface area contributed by atoms with Gasteiger partial charge in [0.15, 0.2) is 0 Å². The van der Waals surface area contributed by atoms with Crippen molar-refractivity contribution < 1.29 is 9.53 Å². The van der Waals surface area contributed by atoms with Gasteiger partial charge in [-0.15, -0.1) is 0 Å². The lowest BCUT2D eigenvalue weighted by atomic mass is 10.2. The molecule has 0 aromatic carbocycles. The van der Waals surface area contributed by atoms with Gasteiger partial charge in [-0.1, -0.05) is 13.8 Å². The van der Waals surface area contributed by atoms with E-state index in [1.54, 1.807) is 0 Å². The third-order valence-electron chi connectivity index (χ3n) is 1.95. The fourth-order valence-corrected chi connectivity index (χ4v) is 1.19. The zero-order valence-electron chi connectivity index (χ0n) is 8.04. The van der Waals surface area contributed by atoms with Crippen LogP contribution in [0.4, 0.5) is 0 Å². The van der Waals surface area contributed by atoms with E-state index in [0.29, 0.717) is 6.54 Å². The van der Waals surface area contributed by atoms with Gasteiger partial charge in [0.1, 0.15) is 6.04 Å². The van der Waals surface area contributed by atoms with Crippen LogP contribution in [0.15, 0.2) is 0 Å². The highest BCUT2D eigenvalue weighted by molar-refractivity contribution is 5.75. The third kappa shape index (κ3) is 2.79. The number of nitrogens with zero attached hydrogens (tertiary/aromatic N) is 1. The Kier molecular flexibility index (Phi) is 5.66. The van der Waals surface area contributed by atoms with Gasteiger partial charge in [-0.3, -0.25) is 9.69 Å². The van der Waals surface area contributed by atoms with Crippen molar-refractivity contribution >= 4 is 5.97 Å². The molecule has 0 heterocycles. The maximum Gasteiger partial charge on any atom is 0.324 e. The van der Waals surface area contributed by atoms with Crippen molar-refractivity contribution in [3.63, 3.8) is 0 Å². The normalized spacial score (nSPS) is 13.1. The Balaban J connectivity index is 4.19. The Hall–Kier alpha value is -0.610. The number of nitrogens with two attached hydrogens (primary N) is 1. The van der Waals surface area contributed by atoms with E-state index in [1.807, 2.05) is 18.7 Å². The molecule has 2 N–H and O–H groups in total. The van der Waals surface area contributed by atoms with Crippen LogP contribution in [-0.4, -0.2) is 43.7 Å². The van der Waals surface area contributed by atoms with E-state index in [0.717, 1.165) is 13.1 Å². The average molecular weight is 174 g/mol. The van der Waals surface area contributed by atoms with Crippen LogP contribution in [-0.2, 0) is 9.53 Å². The van der Waals surface area contributed by atoms with E-state index in [1.165, 1.54) is 7.11 Å². The minimum atomic E-state index is -0.287. The zero-order valence-corrected chi connectivity index (χ0v) is 8.04. The van der Waals surface area contributed by atoms with Crippen LogP contribution in [0.5, 0.6) is 0 Å². The van der Waals surface area contributed by atoms with Gasteiger partial charge in [-0.05, 0) is 13.1 Å². The molecule has 0 aromatic rings. The molecule has 1 atom stereocenters. The van der Waals surface area contributed by atoms with Crippen LogP contribution in [0, 0.1) is 0 Å². The molecule has 0 rings (SSSR count). The predicted octanol–water partition coefficient (Wildman–Crippen LogP) is -0.171. The van der Waals surface area contributed by atoms with Crippen LogP contribution >= 0.6 is 0 Å². The number of hydrogen-bond acceptors (Lipinski definition) is 4. The number of esters is 1. The van der Waals surface area contributed by atoms with Gasteiger partial charge < -0.3 is 10.5 Å². The predicted molar refractivity (Wildman–Crippen MR) is 47.8 cm³/mol. The number of rotatable bonds is 5. The van der Waals surface area contributed by atoms with Crippen LogP contribution in [0.2, 0.25) is 0 Å². The maximum atomic E-state index is 11.2. The molecule has 72 valence electrons. The topological polar surface area (TPSA) is 55.6 Å².